The van der Waals surface area contributed by atoms with E-state index in [1.54, 1.807) is 6.07 Å². The molecule has 0 saturated carbocycles. The molecular weight excluding hydrogens is 336 g/mol. The average Bonchev–Trinajstić information content (AvgIpc) is 2.58. The van der Waals surface area contributed by atoms with Gasteiger partial charge in [0.15, 0.2) is 5.78 Å². The second-order valence-corrected chi connectivity index (χ2v) is 7.46. The van der Waals surface area contributed by atoms with Crippen LogP contribution in [-0.4, -0.2) is 54.2 Å². The number of rotatable bonds is 5. The largest absolute Gasteiger partial charge is 0.481 e. The van der Waals surface area contributed by atoms with Crippen molar-refractivity contribution >= 4 is 17.8 Å². The Kier molecular flexibility index (Phi) is 6.39. The van der Waals surface area contributed by atoms with Crippen molar-refractivity contribution in [1.29, 1.82) is 0 Å². The smallest absolute Gasteiger partial charge is 0.407 e. The summed E-state index contributed by atoms with van der Waals surface area (Å²) >= 11 is 0. The third-order valence-corrected chi connectivity index (χ3v) is 4.09. The minimum atomic E-state index is -0.494. The number of methoxy groups -OCH3 is 1. The van der Waals surface area contributed by atoms with Gasteiger partial charge in [0.25, 0.3) is 0 Å². The van der Waals surface area contributed by atoms with Gasteiger partial charge in [0.2, 0.25) is 11.8 Å². The highest BCUT2D eigenvalue weighted by atomic mass is 16.6. The lowest BCUT2D eigenvalue weighted by molar-refractivity contribution is 0.0516. The van der Waals surface area contributed by atoms with Gasteiger partial charge in [0.1, 0.15) is 11.3 Å². The lowest BCUT2D eigenvalue weighted by Crippen LogP contribution is -2.40. The molecule has 1 aliphatic heterocycles. The monoisotopic (exact) mass is 364 g/mol. The number of hydrogen-bond donors (Lipinski definition) is 1. The van der Waals surface area contributed by atoms with Gasteiger partial charge in [-0.2, -0.15) is 4.98 Å². The van der Waals surface area contributed by atoms with Crippen LogP contribution >= 0.6 is 0 Å². The van der Waals surface area contributed by atoms with Crippen molar-refractivity contribution in [3.8, 4) is 5.88 Å². The highest BCUT2D eigenvalue weighted by Gasteiger charge is 2.24. The number of amides is 1. The standard InChI is InChI=1S/C18H28N4O4/c1-12(23)14-10-15(25-5)21-16(20-14)22-8-6-13(7-9-22)11-19-17(24)26-18(2,3)4/h10,13H,6-9,11H2,1-5H3,(H,19,24). The lowest BCUT2D eigenvalue weighted by Gasteiger charge is -2.32. The van der Waals surface area contributed by atoms with E-state index in [2.05, 4.69) is 15.3 Å². The van der Waals surface area contributed by atoms with Crippen LogP contribution in [0.4, 0.5) is 10.7 Å². The second-order valence-electron chi connectivity index (χ2n) is 7.46. The molecule has 0 aromatic carbocycles. The number of carbonyl (C=O) groups is 2. The summed E-state index contributed by atoms with van der Waals surface area (Å²) in [5, 5.41) is 2.83. The molecular formula is C18H28N4O4. The molecule has 1 saturated heterocycles. The molecule has 2 heterocycles. The Morgan fingerprint density at radius 1 is 1.27 bits per heavy atom. The zero-order valence-electron chi connectivity index (χ0n) is 16.2. The molecule has 1 fully saturated rings. The third kappa shape index (κ3) is 5.86. The fraction of sp³-hybridized carbons (Fsp3) is 0.667. The maximum Gasteiger partial charge on any atom is 0.407 e. The summed E-state index contributed by atoms with van der Waals surface area (Å²) in [5.74, 6) is 1.14. The highest BCUT2D eigenvalue weighted by molar-refractivity contribution is 5.92. The number of anilines is 1. The molecule has 0 unspecified atom stereocenters. The second kappa shape index (κ2) is 8.33. The van der Waals surface area contributed by atoms with E-state index in [1.807, 2.05) is 25.7 Å². The van der Waals surface area contributed by atoms with E-state index in [1.165, 1.54) is 14.0 Å². The van der Waals surface area contributed by atoms with Crippen molar-refractivity contribution < 1.29 is 19.1 Å². The quantitative estimate of drug-likeness (QED) is 0.802. The van der Waals surface area contributed by atoms with Gasteiger partial charge in [-0.15, -0.1) is 0 Å². The first-order chi connectivity index (χ1) is 12.2. The summed E-state index contributed by atoms with van der Waals surface area (Å²) in [7, 11) is 1.52. The van der Waals surface area contributed by atoms with Crippen LogP contribution in [0.25, 0.3) is 0 Å². The van der Waals surface area contributed by atoms with E-state index >= 15 is 0 Å². The van der Waals surface area contributed by atoms with Crippen LogP contribution in [0.3, 0.4) is 0 Å². The molecule has 1 aromatic heterocycles. The van der Waals surface area contributed by atoms with Crippen LogP contribution in [0.15, 0.2) is 6.07 Å². The number of ether oxygens (including phenoxy) is 2. The van der Waals surface area contributed by atoms with Gasteiger partial charge in [-0.1, -0.05) is 0 Å². The van der Waals surface area contributed by atoms with E-state index in [9.17, 15) is 9.59 Å². The Morgan fingerprint density at radius 3 is 2.46 bits per heavy atom. The van der Waals surface area contributed by atoms with Gasteiger partial charge in [0, 0.05) is 32.6 Å². The summed E-state index contributed by atoms with van der Waals surface area (Å²) in [6, 6.07) is 1.54. The van der Waals surface area contributed by atoms with Crippen LogP contribution in [0.2, 0.25) is 0 Å². The molecule has 26 heavy (non-hydrogen) atoms. The summed E-state index contributed by atoms with van der Waals surface area (Å²) in [5.41, 5.74) is -0.147. The van der Waals surface area contributed by atoms with Gasteiger partial charge in [-0.3, -0.25) is 4.79 Å². The molecule has 1 N–H and O–H groups in total. The van der Waals surface area contributed by atoms with E-state index in [-0.39, 0.29) is 11.9 Å². The Balaban J connectivity index is 1.89. The number of nitrogens with one attached hydrogen (secondary N) is 1. The lowest BCUT2D eigenvalue weighted by atomic mass is 9.97. The number of piperidine rings is 1. The Morgan fingerprint density at radius 2 is 1.92 bits per heavy atom. The third-order valence-electron chi connectivity index (χ3n) is 4.09. The van der Waals surface area contributed by atoms with Crippen LogP contribution < -0.4 is 15.0 Å². The highest BCUT2D eigenvalue weighted by Crippen LogP contribution is 2.23. The van der Waals surface area contributed by atoms with Crippen LogP contribution in [0.5, 0.6) is 5.88 Å². The summed E-state index contributed by atoms with van der Waals surface area (Å²) in [6.07, 6.45) is 1.40. The predicted octanol–water partition coefficient (Wildman–Crippen LogP) is 2.43. The summed E-state index contributed by atoms with van der Waals surface area (Å²) < 4.78 is 10.4. The fourth-order valence-corrected chi connectivity index (χ4v) is 2.72. The van der Waals surface area contributed by atoms with Crippen molar-refractivity contribution in [1.82, 2.24) is 15.3 Å². The molecule has 0 spiro atoms. The van der Waals surface area contributed by atoms with Crippen LogP contribution in [-0.2, 0) is 4.74 Å². The Labute approximate surface area is 154 Å². The number of Topliss-reactive ketones (excluding diaryl/α,β-unsaturated/α-hetero) is 1. The number of alkyl carbamates (subject to hydrolysis) is 1. The van der Waals surface area contributed by atoms with Crippen molar-refractivity contribution in [3.63, 3.8) is 0 Å². The van der Waals surface area contributed by atoms with Crippen LogP contribution in [0, 0.1) is 5.92 Å². The zero-order valence-corrected chi connectivity index (χ0v) is 16.2. The molecule has 0 radical (unpaired) electrons. The topological polar surface area (TPSA) is 93.7 Å². The number of aromatic nitrogens is 2. The first kappa shape index (κ1) is 19.9. The molecule has 2 rings (SSSR count). The Bertz CT molecular complexity index is 649. The van der Waals surface area contributed by atoms with Gasteiger partial charge in [-0.25, -0.2) is 9.78 Å². The van der Waals surface area contributed by atoms with Crippen molar-refractivity contribution in [2.75, 3.05) is 31.6 Å². The van der Waals surface area contributed by atoms with E-state index in [4.69, 9.17) is 9.47 Å². The van der Waals surface area contributed by atoms with Gasteiger partial charge in [-0.05, 0) is 39.5 Å². The Hall–Kier alpha value is -2.38. The predicted molar refractivity (Wildman–Crippen MR) is 97.8 cm³/mol. The SMILES string of the molecule is COc1cc(C(C)=O)nc(N2CCC(CNC(=O)OC(C)(C)C)CC2)n1. The van der Waals surface area contributed by atoms with Crippen molar-refractivity contribution in [2.24, 2.45) is 5.92 Å². The van der Waals surface area contributed by atoms with Crippen molar-refractivity contribution in [2.45, 2.75) is 46.1 Å². The summed E-state index contributed by atoms with van der Waals surface area (Å²) in [6.45, 7) is 9.09. The average molecular weight is 364 g/mol. The van der Waals surface area contributed by atoms with Gasteiger partial charge in [0.05, 0.1) is 7.11 Å². The molecule has 0 bridgehead atoms. The van der Waals surface area contributed by atoms with E-state index in [0.717, 1.165) is 25.9 Å². The number of ketones is 1. The maximum atomic E-state index is 11.7. The van der Waals surface area contributed by atoms with Crippen molar-refractivity contribution in [3.05, 3.63) is 11.8 Å². The van der Waals surface area contributed by atoms with E-state index in [0.29, 0.717) is 30.0 Å². The molecule has 1 amide bonds. The number of carbonyl (C=O) groups excluding carboxylic acids is 2. The normalized spacial score (nSPS) is 15.5. The first-order valence-electron chi connectivity index (χ1n) is 8.84. The molecule has 0 aliphatic carbocycles. The number of nitrogens with zero attached hydrogens (tertiary/aromatic N) is 3. The van der Waals surface area contributed by atoms with E-state index < -0.39 is 5.60 Å². The minimum Gasteiger partial charge on any atom is -0.481 e. The summed E-state index contributed by atoms with van der Waals surface area (Å²) in [4.78, 5) is 34.1. The molecule has 1 aromatic rings. The van der Waals surface area contributed by atoms with Gasteiger partial charge >= 0.3 is 6.09 Å². The molecule has 8 heteroatoms. The molecule has 144 valence electrons. The molecule has 8 nitrogen and oxygen atoms in total. The van der Waals surface area contributed by atoms with Gasteiger partial charge < -0.3 is 19.7 Å². The maximum absolute atomic E-state index is 11.7. The zero-order chi connectivity index (χ0) is 19.3. The number of hydrogen-bond acceptors (Lipinski definition) is 7. The fourth-order valence-electron chi connectivity index (χ4n) is 2.72. The molecule has 1 aliphatic rings. The minimum absolute atomic E-state index is 0.122. The molecule has 0 atom stereocenters. The van der Waals surface area contributed by atoms with Crippen LogP contribution in [0.1, 0.15) is 51.0 Å². The first-order valence-corrected chi connectivity index (χ1v) is 8.84.